The smallest absolute Gasteiger partial charge is 0.407 e. The number of carbonyl (C=O) groups excluding carboxylic acids is 2. The number of hydrogen-bond acceptors (Lipinski definition) is 5. The lowest BCUT2D eigenvalue weighted by molar-refractivity contribution is -0.138. The predicted octanol–water partition coefficient (Wildman–Crippen LogP) is 5.12. The van der Waals surface area contributed by atoms with Crippen LogP contribution in [-0.2, 0) is 25.7 Å². The van der Waals surface area contributed by atoms with E-state index in [2.05, 4.69) is 22.8 Å². The lowest BCUT2D eigenvalue weighted by atomic mass is 9.98. The van der Waals surface area contributed by atoms with Crippen molar-refractivity contribution in [1.29, 1.82) is 0 Å². The van der Waals surface area contributed by atoms with Crippen LogP contribution in [0.4, 0.5) is 4.79 Å². The highest BCUT2D eigenvalue weighted by atomic mass is 16.5. The van der Waals surface area contributed by atoms with Gasteiger partial charge in [-0.2, -0.15) is 0 Å². The molecule has 0 aromatic heterocycles. The number of benzene rings is 3. The van der Waals surface area contributed by atoms with Gasteiger partial charge in [0.15, 0.2) is 0 Å². The lowest BCUT2D eigenvalue weighted by Crippen LogP contribution is -2.53. The van der Waals surface area contributed by atoms with E-state index in [-0.39, 0.29) is 38.0 Å². The summed E-state index contributed by atoms with van der Waals surface area (Å²) in [5.41, 5.74) is 5.40. The Bertz CT molecular complexity index is 1270. The molecule has 40 heavy (non-hydrogen) atoms. The summed E-state index contributed by atoms with van der Waals surface area (Å²) in [5, 5.41) is 14.5. The zero-order valence-corrected chi connectivity index (χ0v) is 22.8. The number of nitrogens with one attached hydrogen (secondary N) is 2. The van der Waals surface area contributed by atoms with Crippen LogP contribution in [0.1, 0.15) is 49.3 Å². The number of rotatable bonds is 13. The van der Waals surface area contributed by atoms with Gasteiger partial charge in [-0.3, -0.25) is 9.59 Å². The molecule has 210 valence electrons. The third-order valence-electron chi connectivity index (χ3n) is 7.18. The molecule has 3 aromatic carbocycles. The van der Waals surface area contributed by atoms with E-state index in [1.165, 1.54) is 0 Å². The number of carboxylic acids is 1. The molecule has 1 aliphatic carbocycles. The van der Waals surface area contributed by atoms with E-state index in [4.69, 9.17) is 14.6 Å². The third kappa shape index (κ3) is 7.48. The molecule has 0 heterocycles. The summed E-state index contributed by atoms with van der Waals surface area (Å²) in [5.74, 6) is -1.50. The molecular formula is C32H36N2O6. The van der Waals surface area contributed by atoms with Crippen LogP contribution in [-0.4, -0.2) is 48.4 Å². The van der Waals surface area contributed by atoms with Gasteiger partial charge in [-0.05, 0) is 47.1 Å². The number of amides is 2. The van der Waals surface area contributed by atoms with Gasteiger partial charge in [0.1, 0.15) is 12.6 Å². The maximum atomic E-state index is 13.1. The maximum Gasteiger partial charge on any atom is 0.407 e. The van der Waals surface area contributed by atoms with E-state index in [9.17, 15) is 14.4 Å². The van der Waals surface area contributed by atoms with Crippen molar-refractivity contribution in [1.82, 2.24) is 10.6 Å². The molecule has 0 bridgehead atoms. The van der Waals surface area contributed by atoms with Crippen LogP contribution in [0.15, 0.2) is 78.9 Å². The Kier molecular flexibility index (Phi) is 9.91. The Morgan fingerprint density at radius 1 is 0.875 bits per heavy atom. The molecule has 0 saturated carbocycles. The van der Waals surface area contributed by atoms with E-state index in [1.54, 1.807) is 6.92 Å². The summed E-state index contributed by atoms with van der Waals surface area (Å²) in [7, 11) is 0. The highest BCUT2D eigenvalue weighted by molar-refractivity contribution is 5.86. The molecule has 0 spiro atoms. The van der Waals surface area contributed by atoms with Crippen LogP contribution >= 0.6 is 0 Å². The first kappa shape index (κ1) is 28.8. The van der Waals surface area contributed by atoms with E-state index < -0.39 is 30.1 Å². The van der Waals surface area contributed by atoms with Gasteiger partial charge < -0.3 is 25.2 Å². The van der Waals surface area contributed by atoms with Crippen molar-refractivity contribution < 1.29 is 29.0 Å². The molecule has 8 heteroatoms. The van der Waals surface area contributed by atoms with Crippen molar-refractivity contribution in [2.45, 2.75) is 51.4 Å². The summed E-state index contributed by atoms with van der Waals surface area (Å²) in [4.78, 5) is 37.1. The SMILES string of the molecule is CC(CCNC(=O)[C@H](NC(=O)OCC1c2ccccc2-c2ccccc21)[C@H](C)OCc1ccccc1)CC(=O)O. The topological polar surface area (TPSA) is 114 Å². The van der Waals surface area contributed by atoms with Gasteiger partial charge in [-0.25, -0.2) is 4.79 Å². The average Bonchev–Trinajstić information content (AvgIpc) is 3.27. The standard InChI is InChI=1S/C32H36N2O6/c1-21(18-29(35)36)16-17-33-31(37)30(22(2)39-19-23-10-4-3-5-11-23)34-32(38)40-20-28-26-14-8-6-12-24(26)25-13-7-9-15-27(25)28/h3-15,21-22,28,30H,16-20H2,1-2H3,(H,33,37)(H,34,38)(H,35,36)/t21?,22-,30+/m0/s1. The number of carboxylic acid groups (broad SMARTS) is 1. The second kappa shape index (κ2) is 13.8. The fourth-order valence-corrected chi connectivity index (χ4v) is 5.01. The summed E-state index contributed by atoms with van der Waals surface area (Å²) in [6.45, 7) is 4.22. The molecule has 3 N–H and O–H groups in total. The van der Waals surface area contributed by atoms with Gasteiger partial charge in [-0.1, -0.05) is 85.8 Å². The Labute approximate surface area is 234 Å². The molecule has 1 aliphatic rings. The largest absolute Gasteiger partial charge is 0.481 e. The van der Waals surface area contributed by atoms with Crippen LogP contribution < -0.4 is 10.6 Å². The quantitative estimate of drug-likeness (QED) is 0.275. The first-order valence-corrected chi connectivity index (χ1v) is 13.6. The minimum atomic E-state index is -1.01. The number of carbonyl (C=O) groups is 3. The number of aliphatic carboxylic acids is 1. The van der Waals surface area contributed by atoms with Crippen LogP contribution in [0.25, 0.3) is 11.1 Å². The fraction of sp³-hybridized carbons (Fsp3) is 0.344. The Morgan fingerprint density at radius 3 is 2.10 bits per heavy atom. The van der Waals surface area contributed by atoms with Crippen LogP contribution in [0.3, 0.4) is 0 Å². The highest BCUT2D eigenvalue weighted by Gasteiger charge is 2.31. The number of alkyl carbamates (subject to hydrolysis) is 1. The van der Waals surface area contributed by atoms with Crippen molar-refractivity contribution in [3.05, 3.63) is 95.6 Å². The van der Waals surface area contributed by atoms with Gasteiger partial charge in [0.05, 0.1) is 12.7 Å². The highest BCUT2D eigenvalue weighted by Crippen LogP contribution is 2.44. The average molecular weight is 545 g/mol. The fourth-order valence-electron chi connectivity index (χ4n) is 5.01. The Morgan fingerprint density at radius 2 is 1.48 bits per heavy atom. The monoisotopic (exact) mass is 544 g/mol. The second-order valence-corrected chi connectivity index (χ2v) is 10.2. The lowest BCUT2D eigenvalue weighted by Gasteiger charge is -2.25. The molecule has 4 rings (SSSR count). The van der Waals surface area contributed by atoms with Gasteiger partial charge in [-0.15, -0.1) is 0 Å². The van der Waals surface area contributed by atoms with Crippen molar-refractivity contribution in [3.8, 4) is 11.1 Å². The number of ether oxygens (including phenoxy) is 2. The molecule has 8 nitrogen and oxygen atoms in total. The molecule has 3 atom stereocenters. The minimum absolute atomic E-state index is 0.0217. The zero-order chi connectivity index (χ0) is 28.5. The van der Waals surface area contributed by atoms with E-state index >= 15 is 0 Å². The van der Waals surface area contributed by atoms with Gasteiger partial charge >= 0.3 is 12.1 Å². The first-order chi connectivity index (χ1) is 19.3. The normalized spacial score (nSPS) is 14.3. The van der Waals surface area contributed by atoms with Crippen molar-refractivity contribution >= 4 is 18.0 Å². The van der Waals surface area contributed by atoms with Crippen LogP contribution in [0.2, 0.25) is 0 Å². The van der Waals surface area contributed by atoms with E-state index in [0.29, 0.717) is 6.42 Å². The molecule has 0 radical (unpaired) electrons. The first-order valence-electron chi connectivity index (χ1n) is 13.6. The molecule has 2 amide bonds. The summed E-state index contributed by atoms with van der Waals surface area (Å²) in [6.07, 6.45) is -0.850. The van der Waals surface area contributed by atoms with Gasteiger partial charge in [0.25, 0.3) is 0 Å². The van der Waals surface area contributed by atoms with Crippen molar-refractivity contribution in [3.63, 3.8) is 0 Å². The van der Waals surface area contributed by atoms with E-state index in [0.717, 1.165) is 27.8 Å². The van der Waals surface area contributed by atoms with Crippen LogP contribution in [0.5, 0.6) is 0 Å². The summed E-state index contributed by atoms with van der Waals surface area (Å²) < 4.78 is 11.6. The maximum absolute atomic E-state index is 13.1. The minimum Gasteiger partial charge on any atom is -0.481 e. The predicted molar refractivity (Wildman–Crippen MR) is 152 cm³/mol. The number of hydrogen-bond donors (Lipinski definition) is 3. The molecule has 0 aliphatic heterocycles. The Balaban J connectivity index is 1.39. The second-order valence-electron chi connectivity index (χ2n) is 10.2. The molecule has 0 fully saturated rings. The Hall–Kier alpha value is -4.17. The van der Waals surface area contributed by atoms with Crippen molar-refractivity contribution in [2.24, 2.45) is 5.92 Å². The van der Waals surface area contributed by atoms with E-state index in [1.807, 2.05) is 73.7 Å². The van der Waals surface area contributed by atoms with Crippen molar-refractivity contribution in [2.75, 3.05) is 13.2 Å². The summed E-state index contributed by atoms with van der Waals surface area (Å²) >= 11 is 0. The van der Waals surface area contributed by atoms with Gasteiger partial charge in [0.2, 0.25) is 5.91 Å². The zero-order valence-electron chi connectivity index (χ0n) is 22.8. The summed E-state index contributed by atoms with van der Waals surface area (Å²) in [6, 6.07) is 24.7. The van der Waals surface area contributed by atoms with Gasteiger partial charge in [0, 0.05) is 18.9 Å². The molecular weight excluding hydrogens is 508 g/mol. The van der Waals surface area contributed by atoms with Crippen LogP contribution in [0, 0.1) is 5.92 Å². The number of fused-ring (bicyclic) bond motifs is 3. The molecule has 1 unspecified atom stereocenters. The molecule has 3 aromatic rings. The third-order valence-corrected chi connectivity index (χ3v) is 7.18. The molecule has 0 saturated heterocycles.